The molecule has 15 heteroatoms. The maximum atomic E-state index is 14.7. The van der Waals surface area contributed by atoms with Crippen LogP contribution in [0.4, 0.5) is 26.3 Å². The van der Waals surface area contributed by atoms with Crippen molar-refractivity contribution >= 4 is 0 Å². The van der Waals surface area contributed by atoms with Gasteiger partial charge in [0.15, 0.2) is 11.2 Å². The van der Waals surface area contributed by atoms with Crippen LogP contribution in [0.15, 0.2) is 22.7 Å². The number of hydrogen-bond acceptors (Lipinski definition) is 9. The third-order valence-corrected chi connectivity index (χ3v) is 12.3. The summed E-state index contributed by atoms with van der Waals surface area (Å²) in [6.45, 7) is 5.95. The van der Waals surface area contributed by atoms with Crippen molar-refractivity contribution in [1.82, 2.24) is 0 Å². The smallest absolute Gasteiger partial charge is 0.449 e. The van der Waals surface area contributed by atoms with Gasteiger partial charge in [0.2, 0.25) is 35.7 Å². The molecule has 10 aliphatic rings. The molecule has 2 spiro atoms. The van der Waals surface area contributed by atoms with Crippen LogP contribution < -0.4 is 0 Å². The zero-order chi connectivity index (χ0) is 33.4. The number of ether oxygens (including phenoxy) is 5. The van der Waals surface area contributed by atoms with E-state index in [0.29, 0.717) is 51.4 Å². The Morgan fingerprint density at radius 1 is 0.617 bits per heavy atom. The van der Waals surface area contributed by atoms with Gasteiger partial charge in [0.25, 0.3) is 0 Å². The first-order valence-corrected chi connectivity index (χ1v) is 16.6. The van der Waals surface area contributed by atoms with Crippen LogP contribution in [0.2, 0.25) is 0 Å². The monoisotopic (exact) mass is 682 g/mol. The lowest BCUT2D eigenvalue weighted by Crippen LogP contribution is -2.67. The highest BCUT2D eigenvalue weighted by Crippen LogP contribution is 2.63. The van der Waals surface area contributed by atoms with Gasteiger partial charge in [-0.25, -0.2) is 19.6 Å². The third kappa shape index (κ3) is 4.69. The first-order chi connectivity index (χ1) is 22.0. The topological polar surface area (TPSA) is 83.1 Å². The van der Waals surface area contributed by atoms with Crippen molar-refractivity contribution in [2.24, 2.45) is 35.5 Å². The van der Waals surface area contributed by atoms with E-state index in [0.717, 1.165) is 0 Å². The molecule has 0 radical (unpaired) electrons. The van der Waals surface area contributed by atoms with Crippen LogP contribution in [0, 0.1) is 35.5 Å². The molecule has 2 aliphatic carbocycles. The Morgan fingerprint density at radius 2 is 1.02 bits per heavy atom. The SMILES string of the molecule is C[C@@H]1CC[C@H]2C(COCC3=C(C(F)(F)F)O[C@@H]4O[C@@]5(C)CC[C@H]6[C@H](C)CC[C@@H]3[C@@]46OO5)=C(C(F)(F)F)O[C@@H]3O[C@@]4(C)CC[C@@H]1[C@]32OO4. The van der Waals surface area contributed by atoms with Crippen LogP contribution in [0.25, 0.3) is 0 Å². The van der Waals surface area contributed by atoms with Gasteiger partial charge in [-0.1, -0.05) is 13.8 Å². The predicted octanol–water partition coefficient (Wildman–Crippen LogP) is 7.13. The molecule has 9 nitrogen and oxygen atoms in total. The molecule has 10 rings (SSSR count). The molecule has 4 bridgehead atoms. The fourth-order valence-electron chi connectivity index (χ4n) is 10.1. The molecule has 0 aromatic rings. The second kappa shape index (κ2) is 10.5. The standard InChI is InChI=1S/C32H40F6O9/c1-15-5-7-21-17(23(31(33,34)35)40-25-29(21)19(15)9-11-27(3,42-25)44-46-29)13-39-14-18-22-8-6-16(2)20-10-12-28(4)43-26(30(20,22)47-45-28)41-24(18)32(36,37)38/h15-16,19-22,25-26H,5-14H2,1-4H3/t15-,16-,19+,20+,21+,22+,25-,26-,27-,28-,29-,30-/m1/s1. The number of allylic oxidation sites excluding steroid dienone is 2. The summed E-state index contributed by atoms with van der Waals surface area (Å²) in [7, 11) is 0. The van der Waals surface area contributed by atoms with E-state index in [2.05, 4.69) is 0 Å². The first-order valence-electron chi connectivity index (χ1n) is 16.6. The van der Waals surface area contributed by atoms with Gasteiger partial charge in [-0.05, 0) is 64.2 Å². The average Bonchev–Trinajstić information content (AvgIpc) is 3.36. The molecule has 12 atom stereocenters. The summed E-state index contributed by atoms with van der Waals surface area (Å²) >= 11 is 0. The minimum atomic E-state index is -4.92. The van der Waals surface area contributed by atoms with Crippen LogP contribution in [-0.4, -0.2) is 60.9 Å². The molecule has 0 aromatic heterocycles. The summed E-state index contributed by atoms with van der Waals surface area (Å²) in [6.07, 6.45) is -8.83. The number of fused-ring (bicyclic) bond motifs is 4. The van der Waals surface area contributed by atoms with Crippen molar-refractivity contribution in [3.8, 4) is 0 Å². The molecule has 0 N–H and O–H groups in total. The maximum absolute atomic E-state index is 14.7. The van der Waals surface area contributed by atoms with Gasteiger partial charge in [0, 0.05) is 47.7 Å². The number of alkyl halides is 6. The van der Waals surface area contributed by atoms with E-state index in [1.165, 1.54) is 0 Å². The van der Waals surface area contributed by atoms with E-state index < -0.39 is 84.3 Å². The lowest BCUT2D eigenvalue weighted by molar-refractivity contribution is -0.558. The van der Waals surface area contributed by atoms with E-state index in [4.69, 9.17) is 43.2 Å². The molecule has 0 unspecified atom stereocenters. The van der Waals surface area contributed by atoms with E-state index in [-0.39, 0.29) is 34.8 Å². The lowest BCUT2D eigenvalue weighted by Gasteiger charge is -2.57. The fourth-order valence-corrected chi connectivity index (χ4v) is 10.1. The van der Waals surface area contributed by atoms with Gasteiger partial charge in [0.1, 0.15) is 0 Å². The van der Waals surface area contributed by atoms with Crippen molar-refractivity contribution in [3.05, 3.63) is 22.7 Å². The molecule has 8 fully saturated rings. The summed E-state index contributed by atoms with van der Waals surface area (Å²) in [4.78, 5) is 23.4. The Hall–Kier alpha value is -1.62. The van der Waals surface area contributed by atoms with E-state index >= 15 is 0 Å². The van der Waals surface area contributed by atoms with Gasteiger partial charge < -0.3 is 23.7 Å². The van der Waals surface area contributed by atoms with Crippen molar-refractivity contribution in [3.63, 3.8) is 0 Å². The molecular weight excluding hydrogens is 642 g/mol. The van der Waals surface area contributed by atoms with Gasteiger partial charge in [-0.2, -0.15) is 26.3 Å². The number of hydrogen-bond donors (Lipinski definition) is 0. The second-order valence-electron chi connectivity index (χ2n) is 15.1. The Kier molecular flexibility index (Phi) is 7.25. The van der Waals surface area contributed by atoms with Gasteiger partial charge in [0.05, 0.1) is 13.2 Å². The van der Waals surface area contributed by atoms with Gasteiger partial charge in [-0.3, -0.25) is 0 Å². The first kappa shape index (κ1) is 32.6. The molecular formula is C32H40F6O9. The van der Waals surface area contributed by atoms with Gasteiger partial charge >= 0.3 is 12.4 Å². The predicted molar refractivity (Wildman–Crippen MR) is 145 cm³/mol. The zero-order valence-electron chi connectivity index (χ0n) is 26.6. The number of halogens is 6. The second-order valence-corrected chi connectivity index (χ2v) is 15.1. The summed E-state index contributed by atoms with van der Waals surface area (Å²) in [5.74, 6) is -7.15. The van der Waals surface area contributed by atoms with Crippen LogP contribution >= 0.6 is 0 Å². The third-order valence-electron chi connectivity index (χ3n) is 12.3. The van der Waals surface area contributed by atoms with Crippen molar-refractivity contribution < 1.29 is 69.6 Å². The van der Waals surface area contributed by atoms with Crippen molar-refractivity contribution in [2.45, 2.75) is 127 Å². The molecule has 8 heterocycles. The van der Waals surface area contributed by atoms with Crippen LogP contribution in [0.5, 0.6) is 0 Å². The normalized spacial score (nSPS) is 49.1. The zero-order valence-corrected chi connectivity index (χ0v) is 26.6. The highest BCUT2D eigenvalue weighted by Gasteiger charge is 2.72. The summed E-state index contributed by atoms with van der Waals surface area (Å²) < 4.78 is 117. The minimum Gasteiger partial charge on any atom is -0.456 e. The maximum Gasteiger partial charge on any atom is 0.449 e. The van der Waals surface area contributed by atoms with Crippen LogP contribution in [-0.2, 0) is 43.2 Å². The van der Waals surface area contributed by atoms with Crippen LogP contribution in [0.1, 0.15) is 79.1 Å². The summed E-state index contributed by atoms with van der Waals surface area (Å²) in [5.41, 5.74) is -3.21. The Balaban J connectivity index is 1.15. The Bertz CT molecular complexity index is 1270. The van der Waals surface area contributed by atoms with Crippen molar-refractivity contribution in [1.29, 1.82) is 0 Å². The minimum absolute atomic E-state index is 0.0775. The molecule has 0 amide bonds. The summed E-state index contributed by atoms with van der Waals surface area (Å²) in [5, 5.41) is 0. The highest BCUT2D eigenvalue weighted by atomic mass is 19.4. The molecule has 47 heavy (non-hydrogen) atoms. The Morgan fingerprint density at radius 3 is 1.40 bits per heavy atom. The molecule has 0 aromatic carbocycles. The average molecular weight is 683 g/mol. The van der Waals surface area contributed by atoms with E-state index in [9.17, 15) is 26.3 Å². The summed E-state index contributed by atoms with van der Waals surface area (Å²) in [6, 6.07) is 0. The van der Waals surface area contributed by atoms with Crippen LogP contribution in [0.3, 0.4) is 0 Å². The molecule has 8 aliphatic heterocycles. The Labute approximate surface area is 268 Å². The van der Waals surface area contributed by atoms with E-state index in [1.807, 2.05) is 13.8 Å². The quantitative estimate of drug-likeness (QED) is 0.227. The van der Waals surface area contributed by atoms with Gasteiger partial charge in [-0.15, -0.1) is 0 Å². The fraction of sp³-hybridized carbons (Fsp3) is 0.875. The molecule has 264 valence electrons. The number of rotatable bonds is 4. The van der Waals surface area contributed by atoms with E-state index in [1.54, 1.807) is 13.8 Å². The molecule has 6 saturated heterocycles. The lowest BCUT2D eigenvalue weighted by atomic mass is 9.59. The molecule has 2 saturated carbocycles. The largest absolute Gasteiger partial charge is 0.456 e. The van der Waals surface area contributed by atoms with Crippen molar-refractivity contribution in [2.75, 3.05) is 13.2 Å². The highest BCUT2D eigenvalue weighted by molar-refractivity contribution is 5.31.